The van der Waals surface area contributed by atoms with Crippen LogP contribution < -0.4 is 5.32 Å². The van der Waals surface area contributed by atoms with Crippen molar-refractivity contribution in [3.8, 4) is 0 Å². The fraction of sp³-hybridized carbons (Fsp3) is 0.294. The number of halogens is 3. The van der Waals surface area contributed by atoms with Gasteiger partial charge < -0.3 is 5.32 Å². The Morgan fingerprint density at radius 2 is 1.19 bits per heavy atom. The van der Waals surface area contributed by atoms with Crippen LogP contribution in [-0.2, 0) is 0 Å². The van der Waals surface area contributed by atoms with Gasteiger partial charge in [0.15, 0.2) is 0 Å². The number of rotatable bonds is 4. The van der Waals surface area contributed by atoms with Crippen LogP contribution in [0.3, 0.4) is 0 Å². The van der Waals surface area contributed by atoms with E-state index in [0.29, 0.717) is 6.54 Å². The Labute approximate surface area is 154 Å². The summed E-state index contributed by atoms with van der Waals surface area (Å²) in [5, 5.41) is 23.1. The van der Waals surface area contributed by atoms with Crippen molar-refractivity contribution in [1.82, 2.24) is 0 Å². The molecule has 0 unspecified atom stereocenters. The molecule has 2 rings (SSSR count). The number of nitrogens with zero attached hydrogens (tertiary/aromatic N) is 2. The fourth-order valence-corrected chi connectivity index (χ4v) is 1.70. The first-order valence-corrected chi connectivity index (χ1v) is 7.96. The van der Waals surface area contributed by atoms with E-state index in [1.807, 2.05) is 0 Å². The molecule has 1 N–H and O–H groups in total. The highest BCUT2D eigenvalue weighted by Gasteiger charge is 2.19. The van der Waals surface area contributed by atoms with E-state index in [1.165, 1.54) is 18.6 Å². The molecule has 0 aliphatic rings. The van der Waals surface area contributed by atoms with E-state index in [4.69, 9.17) is 0 Å². The second kappa shape index (κ2) is 12.2. The van der Waals surface area contributed by atoms with Crippen LogP contribution in [-0.4, -0.2) is 16.4 Å². The number of anilines is 1. The van der Waals surface area contributed by atoms with Gasteiger partial charge in [-0.25, -0.2) is 0 Å². The van der Waals surface area contributed by atoms with Gasteiger partial charge in [-0.3, -0.25) is 20.2 Å². The minimum Gasteiger partial charge on any atom is -0.380 e. The van der Waals surface area contributed by atoms with E-state index in [1.54, 1.807) is 6.92 Å². The zero-order valence-electron chi connectivity index (χ0n) is 15.0. The second-order valence-corrected chi connectivity index (χ2v) is 4.96. The summed E-state index contributed by atoms with van der Waals surface area (Å²) in [6, 6.07) is 6.71. The van der Waals surface area contributed by atoms with Crippen LogP contribution in [0.5, 0.6) is 0 Å². The molecule has 0 aliphatic carbocycles. The Hall–Kier alpha value is -3.17. The predicted octanol–water partition coefficient (Wildman–Crippen LogP) is 5.46. The summed E-state index contributed by atoms with van der Waals surface area (Å²) in [4.78, 5) is 18.6. The lowest BCUT2D eigenvalue weighted by Gasteiger charge is -2.03. The van der Waals surface area contributed by atoms with E-state index < -0.39 is 38.7 Å². The lowest BCUT2D eigenvalue weighted by Crippen LogP contribution is -2.02. The van der Waals surface area contributed by atoms with E-state index in [9.17, 15) is 33.4 Å². The quantitative estimate of drug-likeness (QED) is 0.555. The van der Waals surface area contributed by atoms with Crippen molar-refractivity contribution in [2.75, 3.05) is 11.9 Å². The van der Waals surface area contributed by atoms with Crippen molar-refractivity contribution in [2.45, 2.75) is 27.2 Å². The van der Waals surface area contributed by atoms with Gasteiger partial charge in [0, 0.05) is 6.54 Å². The van der Waals surface area contributed by atoms with Crippen molar-refractivity contribution >= 4 is 17.1 Å². The SMILES string of the molecule is CCC.CCNc1cccc(F)c1[N+](=O)[O-].O=[N+]([O-])c1c(F)cccc1F. The number of para-hydroxylation sites is 2. The Morgan fingerprint density at radius 3 is 1.52 bits per heavy atom. The highest BCUT2D eigenvalue weighted by molar-refractivity contribution is 5.61. The average molecular weight is 387 g/mol. The zero-order valence-corrected chi connectivity index (χ0v) is 15.0. The topological polar surface area (TPSA) is 98.3 Å². The van der Waals surface area contributed by atoms with Gasteiger partial charge in [0.25, 0.3) is 0 Å². The fourth-order valence-electron chi connectivity index (χ4n) is 1.70. The maximum absolute atomic E-state index is 12.9. The molecule has 0 aromatic heterocycles. The highest BCUT2D eigenvalue weighted by Crippen LogP contribution is 2.26. The molecule has 0 fully saturated rings. The van der Waals surface area contributed by atoms with Crippen molar-refractivity contribution in [1.29, 1.82) is 0 Å². The molecule has 2 aromatic carbocycles. The molecule has 0 heterocycles. The largest absolute Gasteiger partial charge is 0.380 e. The number of hydrogen-bond acceptors (Lipinski definition) is 5. The van der Waals surface area contributed by atoms with Crippen LogP contribution >= 0.6 is 0 Å². The molecule has 7 nitrogen and oxygen atoms in total. The smallest absolute Gasteiger partial charge is 0.340 e. The van der Waals surface area contributed by atoms with Crippen LogP contribution in [0.25, 0.3) is 0 Å². The third-order valence-electron chi connectivity index (χ3n) is 2.66. The molecule has 0 spiro atoms. The van der Waals surface area contributed by atoms with Crippen LogP contribution in [0.2, 0.25) is 0 Å². The summed E-state index contributed by atoms with van der Waals surface area (Å²) in [5.41, 5.74) is -1.38. The van der Waals surface area contributed by atoms with Crippen molar-refractivity contribution in [3.05, 3.63) is 74.1 Å². The Kier molecular flexibility index (Phi) is 10.8. The van der Waals surface area contributed by atoms with E-state index in [-0.39, 0.29) is 5.69 Å². The number of benzene rings is 2. The number of nitro groups is 2. The first kappa shape index (κ1) is 23.8. The molecule has 0 saturated heterocycles. The van der Waals surface area contributed by atoms with Crippen molar-refractivity contribution in [2.24, 2.45) is 0 Å². The lowest BCUT2D eigenvalue weighted by molar-refractivity contribution is -0.390. The van der Waals surface area contributed by atoms with Gasteiger partial charge in [-0.2, -0.15) is 13.2 Å². The van der Waals surface area contributed by atoms with Crippen LogP contribution in [0.15, 0.2) is 36.4 Å². The van der Waals surface area contributed by atoms with Gasteiger partial charge in [0.1, 0.15) is 5.69 Å². The maximum Gasteiger partial charge on any atom is 0.340 e. The number of nitro benzene ring substituents is 2. The predicted molar refractivity (Wildman–Crippen MR) is 96.2 cm³/mol. The summed E-state index contributed by atoms with van der Waals surface area (Å²) in [7, 11) is 0. The van der Waals surface area contributed by atoms with E-state index in [0.717, 1.165) is 24.3 Å². The monoisotopic (exact) mass is 387 g/mol. The number of hydrogen-bond donors (Lipinski definition) is 1. The molecule has 0 atom stereocenters. The Balaban J connectivity index is 0.000000442. The molecule has 0 radical (unpaired) electrons. The summed E-state index contributed by atoms with van der Waals surface area (Å²) in [6.07, 6.45) is 1.25. The third kappa shape index (κ3) is 7.72. The van der Waals surface area contributed by atoms with Gasteiger partial charge in [0.2, 0.25) is 17.5 Å². The molecule has 10 heteroatoms. The molecular formula is C17H20F3N3O4. The summed E-state index contributed by atoms with van der Waals surface area (Å²) in [5.74, 6) is -3.13. The van der Waals surface area contributed by atoms with Crippen LogP contribution in [0, 0.1) is 37.7 Å². The first-order valence-electron chi connectivity index (χ1n) is 7.96. The normalized spacial score (nSPS) is 9.26. The maximum atomic E-state index is 12.9. The van der Waals surface area contributed by atoms with Gasteiger partial charge in [-0.15, -0.1) is 0 Å². The molecule has 0 amide bonds. The summed E-state index contributed by atoms with van der Waals surface area (Å²) in [6.45, 7) is 6.55. The van der Waals surface area contributed by atoms with E-state index >= 15 is 0 Å². The van der Waals surface area contributed by atoms with Gasteiger partial charge in [-0.05, 0) is 31.2 Å². The van der Waals surface area contributed by atoms with Crippen molar-refractivity contribution < 1.29 is 23.0 Å². The summed E-state index contributed by atoms with van der Waals surface area (Å²) >= 11 is 0. The first-order chi connectivity index (χ1) is 12.7. The van der Waals surface area contributed by atoms with Crippen LogP contribution in [0.1, 0.15) is 27.2 Å². The lowest BCUT2D eigenvalue weighted by atomic mass is 10.2. The minimum atomic E-state index is -1.16. The average Bonchev–Trinajstić information content (AvgIpc) is 2.55. The second-order valence-electron chi connectivity index (χ2n) is 4.96. The molecule has 0 saturated carbocycles. The molecular weight excluding hydrogens is 367 g/mol. The van der Waals surface area contributed by atoms with Crippen molar-refractivity contribution in [3.63, 3.8) is 0 Å². The molecule has 0 bridgehead atoms. The van der Waals surface area contributed by atoms with E-state index in [2.05, 4.69) is 19.2 Å². The van der Waals surface area contributed by atoms with Gasteiger partial charge in [-0.1, -0.05) is 32.4 Å². The molecule has 0 aliphatic heterocycles. The Morgan fingerprint density at radius 1 is 0.815 bits per heavy atom. The van der Waals surface area contributed by atoms with Gasteiger partial charge in [0.05, 0.1) is 9.85 Å². The highest BCUT2D eigenvalue weighted by atomic mass is 19.1. The zero-order chi connectivity index (χ0) is 21.0. The molecule has 27 heavy (non-hydrogen) atoms. The standard InChI is InChI=1S/C8H9FN2O2.C6H3F2NO2.C3H8/c1-2-10-7-5-3-4-6(9)8(7)11(12)13;7-4-2-1-3-5(8)6(4)9(10)11;1-3-2/h3-5,10H,2H2,1H3;1-3H;3H2,1-2H3. The molecule has 2 aromatic rings. The minimum absolute atomic E-state index is 0.215. The number of nitrogens with one attached hydrogen (secondary N) is 1. The molecule has 148 valence electrons. The third-order valence-corrected chi connectivity index (χ3v) is 2.66. The summed E-state index contributed by atoms with van der Waals surface area (Å²) < 4.78 is 37.8. The Bertz CT molecular complexity index is 753. The van der Waals surface area contributed by atoms with Gasteiger partial charge >= 0.3 is 11.4 Å². The van der Waals surface area contributed by atoms with Crippen LogP contribution in [0.4, 0.5) is 30.2 Å².